The molecule has 1 aromatic carbocycles. The van der Waals surface area contributed by atoms with Gasteiger partial charge >= 0.3 is 0 Å². The lowest BCUT2D eigenvalue weighted by atomic mass is 10.0. The van der Waals surface area contributed by atoms with Crippen LogP contribution in [0.25, 0.3) is 0 Å². The maximum absolute atomic E-state index is 12.6. The highest BCUT2D eigenvalue weighted by molar-refractivity contribution is 7.89. The Morgan fingerprint density at radius 2 is 1.62 bits per heavy atom. The van der Waals surface area contributed by atoms with E-state index in [-0.39, 0.29) is 16.7 Å². The minimum Gasteiger partial charge on any atom is -0.355 e. The summed E-state index contributed by atoms with van der Waals surface area (Å²) in [6, 6.07) is 4.68. The second kappa shape index (κ2) is 9.68. The Balaban J connectivity index is 2.93. The van der Waals surface area contributed by atoms with Gasteiger partial charge in [0.05, 0.1) is 4.90 Å². The third kappa shape index (κ3) is 6.76. The molecule has 0 fully saturated rings. The second-order valence-corrected chi connectivity index (χ2v) is 8.46. The minimum atomic E-state index is -3.84. The van der Waals surface area contributed by atoms with Gasteiger partial charge < -0.3 is 10.6 Å². The zero-order valence-corrected chi connectivity index (χ0v) is 16.8. The number of amides is 2. The minimum absolute atomic E-state index is 0.0891. The summed E-state index contributed by atoms with van der Waals surface area (Å²) in [6.07, 6.45) is 0.318. The summed E-state index contributed by atoms with van der Waals surface area (Å²) in [5.41, 5.74) is 0.941. The van der Waals surface area contributed by atoms with Crippen molar-refractivity contribution >= 4 is 21.8 Å². The number of hydrogen-bond acceptors (Lipinski definition) is 4. The van der Waals surface area contributed by atoms with Crippen LogP contribution in [0.4, 0.5) is 0 Å². The van der Waals surface area contributed by atoms with E-state index >= 15 is 0 Å². The van der Waals surface area contributed by atoms with E-state index in [1.807, 2.05) is 20.8 Å². The molecule has 0 heterocycles. The van der Waals surface area contributed by atoms with Gasteiger partial charge in [-0.1, -0.05) is 31.5 Å². The first kappa shape index (κ1) is 22.1. The first-order valence-electron chi connectivity index (χ1n) is 8.74. The first-order chi connectivity index (χ1) is 12.1. The van der Waals surface area contributed by atoms with Crippen LogP contribution in [-0.2, 0) is 19.6 Å². The third-order valence-electron chi connectivity index (χ3n) is 3.76. The second-order valence-electron chi connectivity index (χ2n) is 6.74. The molecule has 0 aromatic heterocycles. The van der Waals surface area contributed by atoms with E-state index in [1.165, 1.54) is 12.1 Å². The predicted molar refractivity (Wildman–Crippen MR) is 101 cm³/mol. The van der Waals surface area contributed by atoms with Gasteiger partial charge in [-0.05, 0) is 45.2 Å². The fourth-order valence-electron chi connectivity index (χ4n) is 2.36. The van der Waals surface area contributed by atoms with E-state index in [0.29, 0.717) is 13.0 Å². The highest BCUT2D eigenvalue weighted by Crippen LogP contribution is 2.13. The SMILES string of the molecule is CCNC(=O)[C@H](C)NC(=O)[C@H](CC(C)C)NS(=O)(=O)c1ccc(C)cc1. The van der Waals surface area contributed by atoms with Crippen molar-refractivity contribution in [1.82, 2.24) is 15.4 Å². The number of benzene rings is 1. The lowest BCUT2D eigenvalue weighted by Crippen LogP contribution is -2.53. The number of carbonyl (C=O) groups excluding carboxylic acids is 2. The molecule has 7 nitrogen and oxygen atoms in total. The van der Waals surface area contributed by atoms with Crippen molar-refractivity contribution in [2.45, 2.75) is 58.0 Å². The molecule has 0 saturated carbocycles. The largest absolute Gasteiger partial charge is 0.355 e. The Morgan fingerprint density at radius 1 is 1.04 bits per heavy atom. The molecule has 8 heteroatoms. The molecule has 0 aliphatic carbocycles. The summed E-state index contributed by atoms with van der Waals surface area (Å²) in [7, 11) is -3.84. The maximum atomic E-state index is 12.6. The van der Waals surface area contributed by atoms with E-state index in [4.69, 9.17) is 0 Å². The van der Waals surface area contributed by atoms with Crippen LogP contribution in [0, 0.1) is 12.8 Å². The quantitative estimate of drug-likeness (QED) is 0.598. The zero-order valence-electron chi connectivity index (χ0n) is 16.0. The normalized spacial score (nSPS) is 13.9. The number of aryl methyl sites for hydroxylation is 1. The molecule has 0 bridgehead atoms. The Bertz CT molecular complexity index is 714. The van der Waals surface area contributed by atoms with Gasteiger partial charge in [0.2, 0.25) is 21.8 Å². The summed E-state index contributed by atoms with van der Waals surface area (Å²) in [4.78, 5) is 24.4. The molecule has 2 atom stereocenters. The predicted octanol–water partition coefficient (Wildman–Crippen LogP) is 1.33. The van der Waals surface area contributed by atoms with Gasteiger partial charge in [0, 0.05) is 6.54 Å². The Kier molecular flexibility index (Phi) is 8.23. The number of likely N-dealkylation sites (N-methyl/N-ethyl adjacent to an activating group) is 1. The van der Waals surface area contributed by atoms with E-state index in [9.17, 15) is 18.0 Å². The summed E-state index contributed by atoms with van der Waals surface area (Å²) in [5.74, 6) is -0.745. The molecule has 0 radical (unpaired) electrons. The molecule has 0 spiro atoms. The standard InChI is InChI=1S/C18H29N3O4S/c1-6-19-17(22)14(5)20-18(23)16(11-12(2)3)21-26(24,25)15-9-7-13(4)8-10-15/h7-10,12,14,16,21H,6,11H2,1-5H3,(H,19,22)(H,20,23)/t14-,16-/m0/s1. The first-order valence-corrected chi connectivity index (χ1v) is 10.2. The van der Waals surface area contributed by atoms with E-state index < -0.39 is 28.0 Å². The van der Waals surface area contributed by atoms with Gasteiger partial charge in [-0.2, -0.15) is 4.72 Å². The summed E-state index contributed by atoms with van der Waals surface area (Å²) in [6.45, 7) is 9.45. The van der Waals surface area contributed by atoms with Gasteiger partial charge in [-0.15, -0.1) is 0 Å². The number of hydrogen-bond donors (Lipinski definition) is 3. The lowest BCUT2D eigenvalue weighted by Gasteiger charge is -2.22. The highest BCUT2D eigenvalue weighted by atomic mass is 32.2. The Morgan fingerprint density at radius 3 is 2.12 bits per heavy atom. The van der Waals surface area contributed by atoms with Crippen LogP contribution in [0.1, 0.15) is 39.7 Å². The lowest BCUT2D eigenvalue weighted by molar-refractivity contribution is -0.129. The molecule has 1 aromatic rings. The van der Waals surface area contributed by atoms with E-state index in [1.54, 1.807) is 26.0 Å². The molecule has 0 aliphatic heterocycles. The smallest absolute Gasteiger partial charge is 0.242 e. The molecule has 146 valence electrons. The molecule has 1 rings (SSSR count). The Labute approximate surface area is 156 Å². The van der Waals surface area contributed by atoms with E-state index in [2.05, 4.69) is 15.4 Å². The molecular weight excluding hydrogens is 354 g/mol. The monoisotopic (exact) mass is 383 g/mol. The topological polar surface area (TPSA) is 104 Å². The molecule has 0 aliphatic rings. The zero-order chi connectivity index (χ0) is 19.9. The van der Waals surface area contributed by atoms with Crippen molar-refractivity contribution in [3.05, 3.63) is 29.8 Å². The number of sulfonamides is 1. The average molecular weight is 384 g/mol. The van der Waals surface area contributed by atoms with Crippen LogP contribution < -0.4 is 15.4 Å². The summed E-state index contributed by atoms with van der Waals surface area (Å²) >= 11 is 0. The van der Waals surface area contributed by atoms with Crippen LogP contribution in [-0.4, -0.2) is 38.9 Å². The average Bonchev–Trinajstić information content (AvgIpc) is 2.54. The maximum Gasteiger partial charge on any atom is 0.242 e. The highest BCUT2D eigenvalue weighted by Gasteiger charge is 2.28. The molecule has 0 saturated heterocycles. The van der Waals surface area contributed by atoms with Gasteiger partial charge in [0.15, 0.2) is 0 Å². The molecule has 0 unspecified atom stereocenters. The van der Waals surface area contributed by atoms with Crippen molar-refractivity contribution in [2.75, 3.05) is 6.54 Å². The van der Waals surface area contributed by atoms with Crippen LogP contribution in [0.3, 0.4) is 0 Å². The number of carbonyl (C=O) groups is 2. The fourth-order valence-corrected chi connectivity index (χ4v) is 3.57. The van der Waals surface area contributed by atoms with Crippen LogP contribution in [0.15, 0.2) is 29.2 Å². The Hall–Kier alpha value is -1.93. The van der Waals surface area contributed by atoms with Crippen molar-refractivity contribution < 1.29 is 18.0 Å². The molecule has 26 heavy (non-hydrogen) atoms. The molecule has 3 N–H and O–H groups in total. The summed E-state index contributed by atoms with van der Waals surface area (Å²) < 4.78 is 27.6. The number of nitrogens with one attached hydrogen (secondary N) is 3. The van der Waals surface area contributed by atoms with E-state index in [0.717, 1.165) is 5.56 Å². The van der Waals surface area contributed by atoms with Crippen LogP contribution in [0.5, 0.6) is 0 Å². The van der Waals surface area contributed by atoms with Gasteiger partial charge in [0.25, 0.3) is 0 Å². The van der Waals surface area contributed by atoms with Gasteiger partial charge in [-0.3, -0.25) is 9.59 Å². The van der Waals surface area contributed by atoms with Crippen LogP contribution >= 0.6 is 0 Å². The van der Waals surface area contributed by atoms with Crippen LogP contribution in [0.2, 0.25) is 0 Å². The summed E-state index contributed by atoms with van der Waals surface area (Å²) in [5, 5.41) is 5.19. The number of rotatable bonds is 9. The van der Waals surface area contributed by atoms with Gasteiger partial charge in [-0.25, -0.2) is 8.42 Å². The van der Waals surface area contributed by atoms with Crippen molar-refractivity contribution in [3.63, 3.8) is 0 Å². The van der Waals surface area contributed by atoms with Gasteiger partial charge in [0.1, 0.15) is 12.1 Å². The van der Waals surface area contributed by atoms with Crippen molar-refractivity contribution in [3.8, 4) is 0 Å². The molecular formula is C18H29N3O4S. The molecule has 2 amide bonds. The fraction of sp³-hybridized carbons (Fsp3) is 0.556. The van der Waals surface area contributed by atoms with Crippen molar-refractivity contribution in [1.29, 1.82) is 0 Å². The third-order valence-corrected chi connectivity index (χ3v) is 5.24. The van der Waals surface area contributed by atoms with Crippen molar-refractivity contribution in [2.24, 2.45) is 5.92 Å².